The minimum atomic E-state index is -1.83. The molecule has 262 valence electrons. The van der Waals surface area contributed by atoms with Gasteiger partial charge in [0.15, 0.2) is 12.6 Å². The SMILES string of the molecule is C[C@H]1O[C@H](O[C@@H]2[C@@H](O)[C@H](O[C@H]3O[C@H](CN=[N+]=[N-])[C@@H](O)[C@H](O)[C@H]3N=[N+]=[N-])[C@@H](N=[N+]=[N-])C[C@H]2N=[N+]=[N-])[C@H](OCc2ccccc2)[C@@H](N=[N+]=[N-])[C@@H]1O. The van der Waals surface area contributed by atoms with Gasteiger partial charge in [0.05, 0.1) is 67.9 Å². The Bertz CT molecular complexity index is 1510. The van der Waals surface area contributed by atoms with Gasteiger partial charge in [0.2, 0.25) is 0 Å². The number of aliphatic hydroxyl groups is 4. The molecule has 0 bridgehead atoms. The number of benzene rings is 1. The maximum absolute atomic E-state index is 11.7. The molecule has 4 rings (SSSR count). The molecule has 24 nitrogen and oxygen atoms in total. The fourth-order valence-corrected chi connectivity index (χ4v) is 5.90. The first-order valence-corrected chi connectivity index (χ1v) is 14.9. The van der Waals surface area contributed by atoms with Gasteiger partial charge in [-0.3, -0.25) is 0 Å². The van der Waals surface area contributed by atoms with E-state index in [-0.39, 0.29) is 13.0 Å². The lowest BCUT2D eigenvalue weighted by Gasteiger charge is -2.48. The zero-order valence-corrected chi connectivity index (χ0v) is 25.7. The van der Waals surface area contributed by atoms with Gasteiger partial charge in [-0.1, -0.05) is 55.9 Å². The Morgan fingerprint density at radius 3 is 1.88 bits per heavy atom. The molecule has 0 spiro atoms. The second kappa shape index (κ2) is 17.7. The van der Waals surface area contributed by atoms with Crippen molar-refractivity contribution in [3.05, 3.63) is 88.1 Å². The van der Waals surface area contributed by atoms with E-state index in [4.69, 9.17) is 34.7 Å². The maximum Gasteiger partial charge on any atom is 0.185 e. The van der Waals surface area contributed by atoms with E-state index in [1.54, 1.807) is 30.3 Å². The molecule has 0 amide bonds. The minimum absolute atomic E-state index is 0.0318. The van der Waals surface area contributed by atoms with Gasteiger partial charge in [0.25, 0.3) is 0 Å². The lowest BCUT2D eigenvalue weighted by atomic mass is 9.84. The largest absolute Gasteiger partial charge is 0.390 e. The Labute approximate surface area is 276 Å². The fraction of sp³-hybridized carbons (Fsp3) is 0.760. The zero-order chi connectivity index (χ0) is 35.5. The highest BCUT2D eigenvalue weighted by molar-refractivity contribution is 5.14. The summed E-state index contributed by atoms with van der Waals surface area (Å²) in [6, 6.07) is 3.57. The normalized spacial score (nSPS) is 38.7. The Morgan fingerprint density at radius 2 is 1.29 bits per heavy atom. The van der Waals surface area contributed by atoms with Crippen molar-refractivity contribution in [2.45, 2.75) is 112 Å². The number of nitrogens with zero attached hydrogens (tertiary/aromatic N) is 15. The fourth-order valence-electron chi connectivity index (χ4n) is 5.90. The summed E-state index contributed by atoms with van der Waals surface area (Å²) in [6.07, 6.45) is -16.6. The van der Waals surface area contributed by atoms with E-state index >= 15 is 0 Å². The summed E-state index contributed by atoms with van der Waals surface area (Å²) >= 11 is 0. The molecule has 4 N–H and O–H groups in total. The molecule has 3 fully saturated rings. The van der Waals surface area contributed by atoms with Crippen molar-refractivity contribution in [3.8, 4) is 0 Å². The van der Waals surface area contributed by atoms with Crippen LogP contribution in [-0.4, -0.2) is 119 Å². The molecule has 3 aliphatic rings. The summed E-state index contributed by atoms with van der Waals surface area (Å²) < 4.78 is 29.8. The van der Waals surface area contributed by atoms with E-state index in [9.17, 15) is 37.0 Å². The van der Waals surface area contributed by atoms with E-state index in [2.05, 4.69) is 50.1 Å². The van der Waals surface area contributed by atoms with Crippen LogP contribution in [0.5, 0.6) is 0 Å². The molecule has 0 aromatic heterocycles. The van der Waals surface area contributed by atoms with Crippen LogP contribution in [0.4, 0.5) is 0 Å². The molecule has 1 aromatic carbocycles. The molecule has 1 aromatic rings. The van der Waals surface area contributed by atoms with E-state index in [0.29, 0.717) is 0 Å². The number of rotatable bonds is 13. The molecule has 0 unspecified atom stereocenters. The Kier molecular flexibility index (Phi) is 13.5. The molecule has 15 atom stereocenters. The maximum atomic E-state index is 11.7. The van der Waals surface area contributed by atoms with Crippen LogP contribution in [0, 0.1) is 0 Å². The van der Waals surface area contributed by atoms with Crippen molar-refractivity contribution in [2.75, 3.05) is 6.54 Å². The summed E-state index contributed by atoms with van der Waals surface area (Å²) in [7, 11) is 0. The quantitative estimate of drug-likeness (QED) is 0.134. The van der Waals surface area contributed by atoms with Crippen LogP contribution in [-0.2, 0) is 30.3 Å². The molecule has 1 aliphatic carbocycles. The Balaban J connectivity index is 1.68. The summed E-state index contributed by atoms with van der Waals surface area (Å²) in [5.74, 6) is 0. The van der Waals surface area contributed by atoms with Gasteiger partial charge < -0.3 is 44.1 Å². The standard InChI is InChI=1S/C25H33N15O9/c1-10-17(41)15(34-39-29)23(45-9-11-5-3-2-4-6-11)25(46-10)49-22-13(33-38-28)7-12(32-37-27)21(20(22)44)48-24-16(35-40-30)19(43)18(42)14(47-24)8-31-36-26/h2-6,10,12-25,41-44H,7-9H2,1H3/t10-,12+,13-,14-,15+,16-,17-,18-,19-,20+,21-,22+,23-,24-,25-/m1/s1. The number of ether oxygens (including phenoxy) is 5. The van der Waals surface area contributed by atoms with Gasteiger partial charge in [-0.15, -0.1) is 0 Å². The first-order valence-electron chi connectivity index (χ1n) is 14.9. The van der Waals surface area contributed by atoms with Crippen LogP contribution in [0.3, 0.4) is 0 Å². The Hall–Kier alpha value is -4.59. The molecule has 49 heavy (non-hydrogen) atoms. The average molecular weight is 688 g/mol. The van der Waals surface area contributed by atoms with Crippen molar-refractivity contribution < 1.29 is 44.1 Å². The van der Waals surface area contributed by atoms with E-state index in [1.807, 2.05) is 0 Å². The van der Waals surface area contributed by atoms with Crippen LogP contribution < -0.4 is 0 Å². The highest BCUT2D eigenvalue weighted by Crippen LogP contribution is 2.36. The number of hydrogen-bond donors (Lipinski definition) is 4. The van der Waals surface area contributed by atoms with Crippen LogP contribution in [0.15, 0.2) is 55.9 Å². The van der Waals surface area contributed by atoms with Crippen molar-refractivity contribution in [3.63, 3.8) is 0 Å². The minimum Gasteiger partial charge on any atom is -0.390 e. The third kappa shape index (κ3) is 8.72. The zero-order valence-electron chi connectivity index (χ0n) is 25.7. The summed E-state index contributed by atoms with van der Waals surface area (Å²) in [5.41, 5.74) is 46.5. The smallest absolute Gasteiger partial charge is 0.185 e. The predicted molar refractivity (Wildman–Crippen MR) is 162 cm³/mol. The van der Waals surface area contributed by atoms with Gasteiger partial charge in [-0.25, -0.2) is 0 Å². The summed E-state index contributed by atoms with van der Waals surface area (Å²) in [6.45, 7) is 0.994. The number of azide groups is 5. The first-order chi connectivity index (χ1) is 23.7. The topological polar surface area (TPSA) is 371 Å². The summed E-state index contributed by atoms with van der Waals surface area (Å²) in [5, 5.41) is 61.7. The molecule has 0 radical (unpaired) electrons. The van der Waals surface area contributed by atoms with Crippen LogP contribution in [0.2, 0.25) is 0 Å². The van der Waals surface area contributed by atoms with E-state index in [0.717, 1.165) is 5.56 Å². The molecular weight excluding hydrogens is 654 g/mol. The summed E-state index contributed by atoms with van der Waals surface area (Å²) in [4.78, 5) is 13.7. The molecule has 2 heterocycles. The van der Waals surface area contributed by atoms with Crippen LogP contribution >= 0.6 is 0 Å². The average Bonchev–Trinajstić information content (AvgIpc) is 3.09. The van der Waals surface area contributed by atoms with E-state index < -0.39 is 98.2 Å². The second-order valence-electron chi connectivity index (χ2n) is 11.3. The molecule has 24 heteroatoms. The molecule has 1 saturated carbocycles. The molecule has 2 aliphatic heterocycles. The van der Waals surface area contributed by atoms with Crippen LogP contribution in [0.25, 0.3) is 52.2 Å². The van der Waals surface area contributed by atoms with Gasteiger partial charge >= 0.3 is 0 Å². The van der Waals surface area contributed by atoms with Crippen molar-refractivity contribution in [1.29, 1.82) is 0 Å². The predicted octanol–water partition coefficient (Wildman–Crippen LogP) is 2.69. The van der Waals surface area contributed by atoms with Crippen LogP contribution in [0.1, 0.15) is 18.9 Å². The van der Waals surface area contributed by atoms with Gasteiger partial charge in [-0.2, -0.15) is 0 Å². The first kappa shape index (κ1) is 37.2. The number of hydrogen-bond acceptors (Lipinski definition) is 14. The third-order valence-electron chi connectivity index (χ3n) is 8.33. The van der Waals surface area contributed by atoms with Gasteiger partial charge in [0.1, 0.15) is 24.4 Å². The second-order valence-corrected chi connectivity index (χ2v) is 11.3. The van der Waals surface area contributed by atoms with Gasteiger partial charge in [-0.05, 0) is 46.6 Å². The van der Waals surface area contributed by atoms with E-state index in [1.165, 1.54) is 6.92 Å². The highest BCUT2D eigenvalue weighted by Gasteiger charge is 2.53. The number of aliphatic hydroxyl groups excluding tert-OH is 4. The molecular formula is C25H33N15O9. The van der Waals surface area contributed by atoms with Gasteiger partial charge in [0, 0.05) is 24.6 Å². The lowest BCUT2D eigenvalue weighted by molar-refractivity contribution is -0.320. The highest BCUT2D eigenvalue weighted by atomic mass is 16.7. The molecule has 2 saturated heterocycles. The third-order valence-corrected chi connectivity index (χ3v) is 8.33. The van der Waals surface area contributed by atoms with Crippen molar-refractivity contribution >= 4 is 0 Å². The van der Waals surface area contributed by atoms with Crippen molar-refractivity contribution in [1.82, 2.24) is 0 Å². The van der Waals surface area contributed by atoms with Crippen molar-refractivity contribution in [2.24, 2.45) is 25.6 Å². The lowest BCUT2D eigenvalue weighted by Crippen LogP contribution is -2.64. The monoisotopic (exact) mass is 687 g/mol. The Morgan fingerprint density at radius 1 is 0.694 bits per heavy atom.